The molecule has 0 aliphatic heterocycles. The van der Waals surface area contributed by atoms with Crippen LogP contribution in [0.5, 0.6) is 0 Å². The number of hydrogen-bond acceptors (Lipinski definition) is 1. The summed E-state index contributed by atoms with van der Waals surface area (Å²) < 4.78 is 2.33. The third-order valence-corrected chi connectivity index (χ3v) is 4.77. The SMILES string of the molecule is Cc1c(Cl)ccc2c3c(n(C)c12)CCCC3CN. The minimum Gasteiger partial charge on any atom is -0.347 e. The normalized spacial score (nSPS) is 19.2. The number of aromatic nitrogens is 1. The molecule has 0 saturated heterocycles. The van der Waals surface area contributed by atoms with Gasteiger partial charge in [0, 0.05) is 23.2 Å². The Bertz CT molecular complexity index is 613. The summed E-state index contributed by atoms with van der Waals surface area (Å²) in [7, 11) is 2.16. The van der Waals surface area contributed by atoms with Gasteiger partial charge in [-0.15, -0.1) is 0 Å². The topological polar surface area (TPSA) is 30.9 Å². The molecule has 0 radical (unpaired) electrons. The van der Waals surface area contributed by atoms with Crippen molar-refractivity contribution in [3.63, 3.8) is 0 Å². The van der Waals surface area contributed by atoms with Crippen molar-refractivity contribution in [2.45, 2.75) is 32.1 Å². The minimum atomic E-state index is 0.512. The quantitative estimate of drug-likeness (QED) is 0.838. The highest BCUT2D eigenvalue weighted by atomic mass is 35.5. The van der Waals surface area contributed by atoms with Crippen LogP contribution in [0.15, 0.2) is 12.1 Å². The summed E-state index contributed by atoms with van der Waals surface area (Å²) >= 11 is 6.26. The van der Waals surface area contributed by atoms with Crippen LogP contribution in [0.3, 0.4) is 0 Å². The van der Waals surface area contributed by atoms with Crippen LogP contribution < -0.4 is 5.73 Å². The average molecular weight is 263 g/mol. The standard InChI is InChI=1S/C15H19ClN2/c1-9-12(16)7-6-11-14-10(8-17)4-3-5-13(14)18(2)15(9)11/h6-7,10H,3-5,8,17H2,1-2H3. The number of nitrogens with two attached hydrogens (primary N) is 1. The smallest absolute Gasteiger partial charge is 0.0527 e. The molecule has 1 aliphatic carbocycles. The third-order valence-electron chi connectivity index (χ3n) is 4.37. The maximum atomic E-state index is 6.26. The van der Waals surface area contributed by atoms with Crippen LogP contribution in [0.1, 0.15) is 35.6 Å². The molecule has 0 amide bonds. The van der Waals surface area contributed by atoms with Crippen molar-refractivity contribution in [1.82, 2.24) is 4.57 Å². The van der Waals surface area contributed by atoms with E-state index in [0.29, 0.717) is 5.92 Å². The molecular weight excluding hydrogens is 244 g/mol. The summed E-state index contributed by atoms with van der Waals surface area (Å²) in [6.07, 6.45) is 3.62. The Labute approximate surface area is 113 Å². The minimum absolute atomic E-state index is 0.512. The first-order valence-electron chi connectivity index (χ1n) is 6.61. The highest BCUT2D eigenvalue weighted by Crippen LogP contribution is 2.40. The maximum absolute atomic E-state index is 6.26. The summed E-state index contributed by atoms with van der Waals surface area (Å²) in [4.78, 5) is 0. The van der Waals surface area contributed by atoms with E-state index in [9.17, 15) is 0 Å². The number of hydrogen-bond donors (Lipinski definition) is 1. The number of halogens is 1. The van der Waals surface area contributed by atoms with Crippen LogP contribution in [-0.2, 0) is 13.5 Å². The Balaban J connectivity index is 2.39. The van der Waals surface area contributed by atoms with E-state index in [1.165, 1.54) is 40.6 Å². The lowest BCUT2D eigenvalue weighted by Gasteiger charge is -2.22. The van der Waals surface area contributed by atoms with E-state index in [1.807, 2.05) is 6.07 Å². The van der Waals surface area contributed by atoms with Gasteiger partial charge in [-0.2, -0.15) is 0 Å². The van der Waals surface area contributed by atoms with E-state index in [2.05, 4.69) is 24.6 Å². The van der Waals surface area contributed by atoms with Crippen molar-refractivity contribution in [1.29, 1.82) is 0 Å². The molecule has 1 aromatic carbocycles. The van der Waals surface area contributed by atoms with Crippen molar-refractivity contribution < 1.29 is 0 Å². The fourth-order valence-electron chi connectivity index (χ4n) is 3.45. The summed E-state index contributed by atoms with van der Waals surface area (Å²) in [5.74, 6) is 0.512. The Hall–Kier alpha value is -0.990. The van der Waals surface area contributed by atoms with Crippen LogP contribution >= 0.6 is 11.6 Å². The fraction of sp³-hybridized carbons (Fsp3) is 0.467. The first-order chi connectivity index (χ1) is 8.65. The highest BCUT2D eigenvalue weighted by Gasteiger charge is 2.26. The van der Waals surface area contributed by atoms with Crippen LogP contribution in [0.4, 0.5) is 0 Å². The fourth-order valence-corrected chi connectivity index (χ4v) is 3.60. The van der Waals surface area contributed by atoms with E-state index in [0.717, 1.165) is 18.0 Å². The van der Waals surface area contributed by atoms with Crippen molar-refractivity contribution in [2.24, 2.45) is 12.8 Å². The highest BCUT2D eigenvalue weighted by molar-refractivity contribution is 6.32. The lowest BCUT2D eigenvalue weighted by molar-refractivity contribution is 0.549. The molecule has 2 N–H and O–H groups in total. The summed E-state index contributed by atoms with van der Waals surface area (Å²) in [6, 6.07) is 4.18. The van der Waals surface area contributed by atoms with Crippen molar-refractivity contribution in [3.8, 4) is 0 Å². The molecule has 1 atom stereocenters. The zero-order valence-corrected chi connectivity index (χ0v) is 11.7. The zero-order valence-electron chi connectivity index (χ0n) is 11.0. The predicted octanol–water partition coefficient (Wildman–Crippen LogP) is 3.52. The molecule has 1 unspecified atom stereocenters. The molecule has 1 heterocycles. The van der Waals surface area contributed by atoms with E-state index in [-0.39, 0.29) is 0 Å². The molecule has 1 aliphatic rings. The molecule has 3 heteroatoms. The summed E-state index contributed by atoms with van der Waals surface area (Å²) in [5.41, 5.74) is 11.3. The Kier molecular flexibility index (Phi) is 2.87. The lowest BCUT2D eigenvalue weighted by atomic mass is 9.85. The van der Waals surface area contributed by atoms with E-state index >= 15 is 0 Å². The van der Waals surface area contributed by atoms with Gasteiger partial charge < -0.3 is 10.3 Å². The van der Waals surface area contributed by atoms with Gasteiger partial charge in [0.1, 0.15) is 0 Å². The number of rotatable bonds is 1. The lowest BCUT2D eigenvalue weighted by Crippen LogP contribution is -2.18. The first kappa shape index (κ1) is 12.1. The molecule has 3 rings (SSSR count). The predicted molar refractivity (Wildman–Crippen MR) is 77.4 cm³/mol. The largest absolute Gasteiger partial charge is 0.347 e. The molecule has 18 heavy (non-hydrogen) atoms. The Morgan fingerprint density at radius 3 is 2.94 bits per heavy atom. The number of benzene rings is 1. The van der Waals surface area contributed by atoms with Gasteiger partial charge in [0.15, 0.2) is 0 Å². The molecule has 96 valence electrons. The van der Waals surface area contributed by atoms with Crippen LogP contribution in [-0.4, -0.2) is 11.1 Å². The molecule has 0 fully saturated rings. The molecule has 0 bridgehead atoms. The van der Waals surface area contributed by atoms with Gasteiger partial charge in [-0.25, -0.2) is 0 Å². The number of fused-ring (bicyclic) bond motifs is 3. The van der Waals surface area contributed by atoms with Gasteiger partial charge in [0.2, 0.25) is 0 Å². The van der Waals surface area contributed by atoms with Gasteiger partial charge >= 0.3 is 0 Å². The van der Waals surface area contributed by atoms with E-state index < -0.39 is 0 Å². The maximum Gasteiger partial charge on any atom is 0.0527 e. The number of aryl methyl sites for hydroxylation is 2. The average Bonchev–Trinajstić information content (AvgIpc) is 2.68. The Morgan fingerprint density at radius 1 is 1.44 bits per heavy atom. The monoisotopic (exact) mass is 262 g/mol. The van der Waals surface area contributed by atoms with E-state index in [4.69, 9.17) is 17.3 Å². The second kappa shape index (κ2) is 4.29. The molecular formula is C15H19ClN2. The van der Waals surface area contributed by atoms with Gasteiger partial charge in [0.05, 0.1) is 5.52 Å². The Morgan fingerprint density at radius 2 is 2.22 bits per heavy atom. The van der Waals surface area contributed by atoms with Gasteiger partial charge in [-0.3, -0.25) is 0 Å². The van der Waals surface area contributed by atoms with Gasteiger partial charge in [-0.1, -0.05) is 17.7 Å². The third kappa shape index (κ3) is 1.52. The molecule has 2 nitrogen and oxygen atoms in total. The van der Waals surface area contributed by atoms with Crippen LogP contribution in [0.2, 0.25) is 5.02 Å². The van der Waals surface area contributed by atoms with Gasteiger partial charge in [0.25, 0.3) is 0 Å². The summed E-state index contributed by atoms with van der Waals surface area (Å²) in [6.45, 7) is 2.85. The van der Waals surface area contributed by atoms with E-state index in [1.54, 1.807) is 0 Å². The first-order valence-corrected chi connectivity index (χ1v) is 6.99. The van der Waals surface area contributed by atoms with Gasteiger partial charge in [-0.05, 0) is 55.8 Å². The van der Waals surface area contributed by atoms with Crippen LogP contribution in [0, 0.1) is 6.92 Å². The van der Waals surface area contributed by atoms with Crippen molar-refractivity contribution >= 4 is 22.5 Å². The van der Waals surface area contributed by atoms with Crippen LogP contribution in [0.25, 0.3) is 10.9 Å². The molecule has 1 aromatic heterocycles. The molecule has 0 saturated carbocycles. The summed E-state index contributed by atoms with van der Waals surface area (Å²) in [5, 5.41) is 2.20. The molecule has 0 spiro atoms. The number of nitrogens with zero attached hydrogens (tertiary/aromatic N) is 1. The second-order valence-corrected chi connectivity index (χ2v) is 5.72. The second-order valence-electron chi connectivity index (χ2n) is 5.31. The van der Waals surface area contributed by atoms with Crippen molar-refractivity contribution in [3.05, 3.63) is 34.0 Å². The zero-order chi connectivity index (χ0) is 12.9. The molecule has 2 aromatic rings. The van der Waals surface area contributed by atoms with Crippen molar-refractivity contribution in [2.75, 3.05) is 6.54 Å².